The van der Waals surface area contributed by atoms with E-state index in [1.54, 1.807) is 0 Å². The Morgan fingerprint density at radius 3 is 2.57 bits per heavy atom. The van der Waals surface area contributed by atoms with Gasteiger partial charge in [-0.15, -0.1) is 0 Å². The van der Waals surface area contributed by atoms with Crippen molar-refractivity contribution in [2.45, 2.75) is 31.7 Å². The van der Waals surface area contributed by atoms with E-state index >= 15 is 0 Å². The van der Waals surface area contributed by atoms with Gasteiger partial charge in [0.1, 0.15) is 0 Å². The second kappa shape index (κ2) is 3.35. The van der Waals surface area contributed by atoms with Crippen LogP contribution in [0.3, 0.4) is 0 Å². The average molecular weight is 254 g/mol. The molecule has 0 bridgehead atoms. The fourth-order valence-electron chi connectivity index (χ4n) is 2.41. The zero-order chi connectivity index (χ0) is 10.3. The molecule has 1 saturated carbocycles. The van der Waals surface area contributed by atoms with Gasteiger partial charge in [0.2, 0.25) is 0 Å². The number of benzene rings is 1. The van der Waals surface area contributed by atoms with E-state index in [1.165, 1.54) is 5.56 Å². The number of rotatable bonds is 2. The Morgan fingerprint density at radius 1 is 1.50 bits per heavy atom. The fraction of sp³-hybridized carbons (Fsp3) is 0.500. The minimum Gasteiger partial charge on any atom is -0.327 e. The number of hydrogen-bond acceptors (Lipinski definition) is 1. The zero-order valence-corrected chi connectivity index (χ0v) is 10.2. The van der Waals surface area contributed by atoms with Crippen molar-refractivity contribution in [2.24, 2.45) is 11.7 Å². The Kier molecular flexibility index (Phi) is 2.44. The molecule has 1 nitrogen and oxygen atoms in total. The Bertz CT molecular complexity index is 348. The van der Waals surface area contributed by atoms with Crippen LogP contribution in [0.25, 0.3) is 0 Å². The fourth-order valence-corrected chi connectivity index (χ4v) is 2.81. The molecule has 0 amide bonds. The average Bonchev–Trinajstić information content (AvgIpc) is 2.79. The van der Waals surface area contributed by atoms with Crippen LogP contribution < -0.4 is 5.73 Å². The van der Waals surface area contributed by atoms with E-state index in [1.807, 2.05) is 0 Å². The van der Waals surface area contributed by atoms with Gasteiger partial charge in [0.25, 0.3) is 0 Å². The first-order valence-electron chi connectivity index (χ1n) is 5.09. The summed E-state index contributed by atoms with van der Waals surface area (Å²) < 4.78 is 1.15. The molecule has 0 radical (unpaired) electrons. The summed E-state index contributed by atoms with van der Waals surface area (Å²) in [4.78, 5) is 0. The van der Waals surface area contributed by atoms with E-state index in [2.05, 4.69) is 54.0 Å². The third-order valence-electron chi connectivity index (χ3n) is 3.45. The van der Waals surface area contributed by atoms with Crippen molar-refractivity contribution < 1.29 is 0 Å². The summed E-state index contributed by atoms with van der Waals surface area (Å²) in [5, 5.41) is 0. The Balaban J connectivity index is 2.39. The topological polar surface area (TPSA) is 26.0 Å². The highest BCUT2D eigenvalue weighted by Gasteiger charge is 2.55. The Hall–Kier alpha value is -0.340. The van der Waals surface area contributed by atoms with Gasteiger partial charge in [-0.1, -0.05) is 41.9 Å². The first kappa shape index (κ1) is 10.2. The molecule has 2 rings (SSSR count). The summed E-state index contributed by atoms with van der Waals surface area (Å²) in [6.45, 7) is 4.52. The molecule has 0 saturated heterocycles. The lowest BCUT2D eigenvalue weighted by atomic mass is 9.84. The largest absolute Gasteiger partial charge is 0.327 e. The van der Waals surface area contributed by atoms with Gasteiger partial charge in [-0.05, 0) is 30.0 Å². The van der Waals surface area contributed by atoms with E-state index in [-0.39, 0.29) is 5.41 Å². The van der Waals surface area contributed by atoms with E-state index in [0.29, 0.717) is 12.0 Å². The van der Waals surface area contributed by atoms with Gasteiger partial charge < -0.3 is 5.73 Å². The summed E-state index contributed by atoms with van der Waals surface area (Å²) in [6.07, 6.45) is 1.13. The van der Waals surface area contributed by atoms with Crippen molar-refractivity contribution in [3.05, 3.63) is 34.3 Å². The van der Waals surface area contributed by atoms with Crippen LogP contribution in [0.5, 0.6) is 0 Å². The highest BCUT2D eigenvalue weighted by atomic mass is 79.9. The minimum atomic E-state index is 0.240. The van der Waals surface area contributed by atoms with Crippen molar-refractivity contribution >= 4 is 15.9 Å². The van der Waals surface area contributed by atoms with E-state index < -0.39 is 0 Å². The molecular formula is C12H16BrN. The van der Waals surface area contributed by atoms with Gasteiger partial charge in [0.05, 0.1) is 0 Å². The van der Waals surface area contributed by atoms with Gasteiger partial charge in [0, 0.05) is 15.9 Å². The van der Waals surface area contributed by atoms with Crippen molar-refractivity contribution in [3.8, 4) is 0 Å². The molecule has 0 heterocycles. The molecule has 0 aromatic heterocycles. The standard InChI is InChI=1S/C12H16BrN/c1-8(2)12(7-11(12)14)9-4-3-5-10(13)6-9/h3-6,8,11H,7,14H2,1-2H3/t11-,12?/m1/s1. The van der Waals surface area contributed by atoms with Crippen molar-refractivity contribution in [1.82, 2.24) is 0 Å². The van der Waals surface area contributed by atoms with Crippen LogP contribution >= 0.6 is 15.9 Å². The van der Waals surface area contributed by atoms with Crippen LogP contribution in [0.15, 0.2) is 28.7 Å². The van der Waals surface area contributed by atoms with Crippen LogP contribution in [-0.4, -0.2) is 6.04 Å². The maximum absolute atomic E-state index is 6.07. The Morgan fingerprint density at radius 2 is 2.14 bits per heavy atom. The SMILES string of the molecule is CC(C)C1(c2cccc(Br)c2)C[C@H]1N. The second-order valence-electron chi connectivity index (χ2n) is 4.52. The molecular weight excluding hydrogens is 238 g/mol. The lowest BCUT2D eigenvalue weighted by Crippen LogP contribution is -2.24. The smallest absolute Gasteiger partial charge is 0.0178 e. The Labute approximate surface area is 93.8 Å². The lowest BCUT2D eigenvalue weighted by Gasteiger charge is -2.21. The van der Waals surface area contributed by atoms with Crippen LogP contribution in [-0.2, 0) is 5.41 Å². The van der Waals surface area contributed by atoms with Gasteiger partial charge in [-0.25, -0.2) is 0 Å². The quantitative estimate of drug-likeness (QED) is 0.862. The molecule has 1 fully saturated rings. The van der Waals surface area contributed by atoms with E-state index in [9.17, 15) is 0 Å². The molecule has 0 aliphatic heterocycles. The van der Waals surface area contributed by atoms with E-state index in [0.717, 1.165) is 10.9 Å². The predicted octanol–water partition coefficient (Wildman–Crippen LogP) is 3.07. The normalized spacial score (nSPS) is 30.8. The van der Waals surface area contributed by atoms with Crippen molar-refractivity contribution in [3.63, 3.8) is 0 Å². The first-order chi connectivity index (χ1) is 6.57. The van der Waals surface area contributed by atoms with Crippen LogP contribution in [0.1, 0.15) is 25.8 Å². The van der Waals surface area contributed by atoms with Gasteiger partial charge >= 0.3 is 0 Å². The number of halogens is 1. The second-order valence-corrected chi connectivity index (χ2v) is 5.43. The molecule has 1 aliphatic carbocycles. The maximum atomic E-state index is 6.07. The molecule has 2 N–H and O–H groups in total. The summed E-state index contributed by atoms with van der Waals surface area (Å²) in [6, 6.07) is 8.89. The maximum Gasteiger partial charge on any atom is 0.0178 e. The monoisotopic (exact) mass is 253 g/mol. The molecule has 1 aromatic rings. The highest BCUT2D eigenvalue weighted by Crippen LogP contribution is 2.52. The number of hydrogen-bond donors (Lipinski definition) is 1. The van der Waals surface area contributed by atoms with Gasteiger partial charge in [-0.2, -0.15) is 0 Å². The van der Waals surface area contributed by atoms with Crippen molar-refractivity contribution in [1.29, 1.82) is 0 Å². The lowest BCUT2D eigenvalue weighted by molar-refractivity contribution is 0.466. The first-order valence-corrected chi connectivity index (χ1v) is 5.88. The van der Waals surface area contributed by atoms with Crippen molar-refractivity contribution in [2.75, 3.05) is 0 Å². The van der Waals surface area contributed by atoms with Crippen LogP contribution in [0, 0.1) is 5.92 Å². The summed E-state index contributed by atoms with van der Waals surface area (Å²) in [5.41, 5.74) is 7.69. The van der Waals surface area contributed by atoms with Gasteiger partial charge in [-0.3, -0.25) is 0 Å². The third kappa shape index (κ3) is 1.41. The molecule has 76 valence electrons. The van der Waals surface area contributed by atoms with Crippen LogP contribution in [0.2, 0.25) is 0 Å². The molecule has 2 atom stereocenters. The van der Waals surface area contributed by atoms with Crippen LogP contribution in [0.4, 0.5) is 0 Å². The molecule has 1 aromatic carbocycles. The van der Waals surface area contributed by atoms with E-state index in [4.69, 9.17) is 5.73 Å². The summed E-state index contributed by atoms with van der Waals surface area (Å²) in [7, 11) is 0. The molecule has 14 heavy (non-hydrogen) atoms. The number of nitrogens with two attached hydrogens (primary N) is 1. The van der Waals surface area contributed by atoms with Gasteiger partial charge in [0.15, 0.2) is 0 Å². The molecule has 1 unspecified atom stereocenters. The molecule has 0 spiro atoms. The summed E-state index contributed by atoms with van der Waals surface area (Å²) in [5.74, 6) is 0.617. The highest BCUT2D eigenvalue weighted by molar-refractivity contribution is 9.10. The molecule has 2 heteroatoms. The molecule has 1 aliphatic rings. The summed E-state index contributed by atoms with van der Waals surface area (Å²) >= 11 is 3.51. The predicted molar refractivity (Wildman–Crippen MR) is 63.3 cm³/mol. The third-order valence-corrected chi connectivity index (χ3v) is 3.94. The minimum absolute atomic E-state index is 0.240. The zero-order valence-electron chi connectivity index (χ0n) is 8.63.